The Morgan fingerprint density at radius 1 is 1.42 bits per heavy atom. The lowest BCUT2D eigenvalue weighted by Gasteiger charge is -2.31. The van der Waals surface area contributed by atoms with Crippen molar-refractivity contribution in [1.82, 2.24) is 5.32 Å². The molecule has 2 saturated heterocycles. The summed E-state index contributed by atoms with van der Waals surface area (Å²) < 4.78 is 5.29. The molecule has 2 rings (SSSR count). The predicted molar refractivity (Wildman–Crippen MR) is 73.2 cm³/mol. The number of nitrogens with one attached hydrogen (secondary N) is 1. The third-order valence-electron chi connectivity index (χ3n) is 4.18. The Balaban J connectivity index is 1.97. The van der Waals surface area contributed by atoms with Crippen LogP contribution in [0.15, 0.2) is 0 Å². The minimum atomic E-state index is -1.05. The number of carboxylic acid groups (broad SMARTS) is 1. The van der Waals surface area contributed by atoms with Crippen LogP contribution in [0.3, 0.4) is 0 Å². The minimum absolute atomic E-state index is 0.128. The summed E-state index contributed by atoms with van der Waals surface area (Å²) in [5.41, 5.74) is -1.05. The molecular weight excluding hydrogens is 266 g/mol. The van der Waals surface area contributed by atoms with Gasteiger partial charge in [0.2, 0.25) is 5.91 Å². The average Bonchev–Trinajstić information content (AvgIpc) is 2.88. The van der Waals surface area contributed by atoms with Gasteiger partial charge in [0.05, 0.1) is 0 Å². The highest BCUT2D eigenvalue weighted by atomic mass is 32.2. The lowest BCUT2D eigenvalue weighted by molar-refractivity contribution is -0.147. The van der Waals surface area contributed by atoms with Crippen LogP contribution >= 0.6 is 11.8 Å². The normalized spacial score (nSPS) is 29.9. The first kappa shape index (κ1) is 14.7. The standard InChI is InChI=1S/C13H21NO4S/c1-9(10-2-5-18-6-3-10)11(15)14-13(12(16)17)4-7-19-8-13/h9-10H,2-8H2,1H3,(H,14,15)(H,16,17). The van der Waals surface area contributed by atoms with Gasteiger partial charge >= 0.3 is 5.97 Å². The van der Waals surface area contributed by atoms with Gasteiger partial charge in [0.15, 0.2) is 0 Å². The second-order valence-electron chi connectivity index (χ2n) is 5.42. The first-order valence-corrected chi connectivity index (χ1v) is 7.91. The Labute approximate surface area is 117 Å². The number of amides is 1. The fourth-order valence-electron chi connectivity index (χ4n) is 2.67. The molecule has 2 heterocycles. The van der Waals surface area contributed by atoms with Crippen LogP contribution in [0.2, 0.25) is 0 Å². The van der Waals surface area contributed by atoms with Crippen molar-refractivity contribution >= 4 is 23.6 Å². The van der Waals surface area contributed by atoms with Gasteiger partial charge in [0.1, 0.15) is 5.54 Å². The van der Waals surface area contributed by atoms with Gasteiger partial charge in [-0.15, -0.1) is 0 Å². The lowest BCUT2D eigenvalue weighted by Crippen LogP contribution is -2.56. The average molecular weight is 287 g/mol. The number of hydrogen-bond donors (Lipinski definition) is 2. The third kappa shape index (κ3) is 3.23. The number of rotatable bonds is 4. The van der Waals surface area contributed by atoms with Crippen LogP contribution in [0.4, 0.5) is 0 Å². The van der Waals surface area contributed by atoms with Crippen LogP contribution in [0.5, 0.6) is 0 Å². The minimum Gasteiger partial charge on any atom is -0.479 e. The van der Waals surface area contributed by atoms with Gasteiger partial charge in [-0.1, -0.05) is 6.92 Å². The maximum atomic E-state index is 12.3. The smallest absolute Gasteiger partial charge is 0.330 e. The highest BCUT2D eigenvalue weighted by molar-refractivity contribution is 7.99. The number of hydrogen-bond acceptors (Lipinski definition) is 4. The molecule has 0 radical (unpaired) electrons. The molecule has 0 aromatic heterocycles. The van der Waals surface area contributed by atoms with Crippen molar-refractivity contribution < 1.29 is 19.4 Å². The Morgan fingerprint density at radius 3 is 2.63 bits per heavy atom. The molecule has 108 valence electrons. The molecule has 6 heteroatoms. The zero-order chi connectivity index (χ0) is 13.9. The molecule has 2 fully saturated rings. The Kier molecular flexibility index (Phi) is 4.73. The summed E-state index contributed by atoms with van der Waals surface area (Å²) in [6.07, 6.45) is 2.27. The molecule has 2 aliphatic rings. The van der Waals surface area contributed by atoms with Crippen molar-refractivity contribution in [2.24, 2.45) is 11.8 Å². The number of carbonyl (C=O) groups excluding carboxylic acids is 1. The van der Waals surface area contributed by atoms with Crippen LogP contribution in [0.1, 0.15) is 26.2 Å². The molecule has 2 unspecified atom stereocenters. The lowest BCUT2D eigenvalue weighted by atomic mass is 9.86. The summed E-state index contributed by atoms with van der Waals surface area (Å²) in [5, 5.41) is 12.1. The van der Waals surface area contributed by atoms with E-state index < -0.39 is 11.5 Å². The van der Waals surface area contributed by atoms with E-state index in [4.69, 9.17) is 4.74 Å². The van der Waals surface area contributed by atoms with E-state index in [1.54, 1.807) is 11.8 Å². The van der Waals surface area contributed by atoms with Crippen LogP contribution in [-0.4, -0.2) is 47.2 Å². The highest BCUT2D eigenvalue weighted by Gasteiger charge is 2.44. The van der Waals surface area contributed by atoms with Crippen molar-refractivity contribution in [3.8, 4) is 0 Å². The van der Waals surface area contributed by atoms with Crippen LogP contribution < -0.4 is 5.32 Å². The molecule has 19 heavy (non-hydrogen) atoms. The first-order valence-electron chi connectivity index (χ1n) is 6.76. The van der Waals surface area contributed by atoms with E-state index in [9.17, 15) is 14.7 Å². The molecule has 2 atom stereocenters. The molecule has 0 saturated carbocycles. The summed E-state index contributed by atoms with van der Waals surface area (Å²) >= 11 is 1.58. The van der Waals surface area contributed by atoms with E-state index in [0.717, 1.165) is 18.6 Å². The van der Waals surface area contributed by atoms with E-state index in [-0.39, 0.29) is 11.8 Å². The van der Waals surface area contributed by atoms with Crippen molar-refractivity contribution in [2.75, 3.05) is 24.7 Å². The number of carbonyl (C=O) groups is 2. The summed E-state index contributed by atoms with van der Waals surface area (Å²) in [5.74, 6) is 0.369. The summed E-state index contributed by atoms with van der Waals surface area (Å²) in [6, 6.07) is 0. The van der Waals surface area contributed by atoms with Gasteiger partial charge in [-0.3, -0.25) is 4.79 Å². The molecule has 1 amide bonds. The van der Waals surface area contributed by atoms with E-state index >= 15 is 0 Å². The second kappa shape index (κ2) is 6.13. The fourth-order valence-corrected chi connectivity index (χ4v) is 3.99. The molecule has 5 nitrogen and oxygen atoms in total. The molecule has 2 aliphatic heterocycles. The summed E-state index contributed by atoms with van der Waals surface area (Å²) in [6.45, 7) is 3.29. The predicted octanol–water partition coefficient (Wildman–Crippen LogP) is 1.13. The Bertz CT molecular complexity index is 349. The number of carboxylic acids is 1. The molecule has 0 aromatic rings. The van der Waals surface area contributed by atoms with Gasteiger partial charge in [-0.2, -0.15) is 11.8 Å². The molecule has 0 aliphatic carbocycles. The first-order chi connectivity index (χ1) is 9.05. The van der Waals surface area contributed by atoms with Crippen LogP contribution in [0.25, 0.3) is 0 Å². The van der Waals surface area contributed by atoms with Gasteiger partial charge in [0, 0.05) is 24.9 Å². The topological polar surface area (TPSA) is 75.6 Å². The van der Waals surface area contributed by atoms with E-state index in [2.05, 4.69) is 5.32 Å². The maximum Gasteiger partial charge on any atom is 0.330 e. The molecule has 0 spiro atoms. The number of ether oxygens (including phenoxy) is 1. The molecule has 0 aromatic carbocycles. The van der Waals surface area contributed by atoms with Crippen molar-refractivity contribution in [3.05, 3.63) is 0 Å². The van der Waals surface area contributed by atoms with Crippen molar-refractivity contribution in [3.63, 3.8) is 0 Å². The zero-order valence-corrected chi connectivity index (χ0v) is 12.0. The van der Waals surface area contributed by atoms with Crippen molar-refractivity contribution in [2.45, 2.75) is 31.7 Å². The quantitative estimate of drug-likeness (QED) is 0.810. The monoisotopic (exact) mass is 287 g/mol. The fraction of sp³-hybridized carbons (Fsp3) is 0.846. The SMILES string of the molecule is CC(C(=O)NC1(C(=O)O)CCSC1)C1CCOCC1. The highest BCUT2D eigenvalue weighted by Crippen LogP contribution is 2.30. The summed E-state index contributed by atoms with van der Waals surface area (Å²) in [4.78, 5) is 23.7. The van der Waals surface area contributed by atoms with Gasteiger partial charge in [-0.05, 0) is 30.9 Å². The van der Waals surface area contributed by atoms with Gasteiger partial charge < -0.3 is 15.2 Å². The van der Waals surface area contributed by atoms with Gasteiger partial charge in [-0.25, -0.2) is 4.79 Å². The Hall–Kier alpha value is -0.750. The van der Waals surface area contributed by atoms with E-state index in [1.807, 2.05) is 6.92 Å². The summed E-state index contributed by atoms with van der Waals surface area (Å²) in [7, 11) is 0. The third-order valence-corrected chi connectivity index (χ3v) is 5.37. The van der Waals surface area contributed by atoms with Crippen LogP contribution in [0, 0.1) is 11.8 Å². The second-order valence-corrected chi connectivity index (χ2v) is 6.52. The molecular formula is C13H21NO4S. The molecule has 2 N–H and O–H groups in total. The number of thioether (sulfide) groups is 1. The Morgan fingerprint density at radius 2 is 2.11 bits per heavy atom. The largest absolute Gasteiger partial charge is 0.479 e. The van der Waals surface area contributed by atoms with Crippen molar-refractivity contribution in [1.29, 1.82) is 0 Å². The maximum absolute atomic E-state index is 12.3. The van der Waals surface area contributed by atoms with E-state index in [0.29, 0.717) is 31.3 Å². The number of aliphatic carboxylic acids is 1. The van der Waals surface area contributed by atoms with Crippen LogP contribution in [-0.2, 0) is 14.3 Å². The zero-order valence-electron chi connectivity index (χ0n) is 11.2. The van der Waals surface area contributed by atoms with Gasteiger partial charge in [0.25, 0.3) is 0 Å². The molecule has 0 bridgehead atoms. The van der Waals surface area contributed by atoms with E-state index in [1.165, 1.54) is 0 Å².